The molecule has 0 aromatic heterocycles. The van der Waals surface area contributed by atoms with Crippen LogP contribution in [0.2, 0.25) is 0 Å². The number of likely N-dealkylation sites (N-methyl/N-ethyl adjacent to an activating group) is 1. The quantitative estimate of drug-likeness (QED) is 0.701. The minimum Gasteiger partial charge on any atom is -0.497 e. The molecule has 1 fully saturated rings. The molecule has 0 unspecified atom stereocenters. The zero-order chi connectivity index (χ0) is 20.6. The van der Waals surface area contributed by atoms with E-state index in [2.05, 4.69) is 27.5 Å². The largest absolute Gasteiger partial charge is 0.497 e. The molecule has 3 rings (SSSR count). The summed E-state index contributed by atoms with van der Waals surface area (Å²) >= 11 is 0. The lowest BCUT2D eigenvalue weighted by molar-refractivity contribution is -0.126. The molecule has 2 aromatic carbocycles. The molecular formula is C22H28N4O3. The second-order valence-electron chi connectivity index (χ2n) is 7.19. The van der Waals surface area contributed by atoms with Gasteiger partial charge in [0.25, 0.3) is 0 Å². The molecule has 1 saturated heterocycles. The van der Waals surface area contributed by atoms with E-state index in [0.717, 1.165) is 43.2 Å². The topological polar surface area (TPSA) is 73.9 Å². The lowest BCUT2D eigenvalue weighted by atomic mass is 10.2. The van der Waals surface area contributed by atoms with Crippen molar-refractivity contribution in [2.24, 2.45) is 0 Å². The highest BCUT2D eigenvalue weighted by molar-refractivity contribution is 6.03. The van der Waals surface area contributed by atoms with E-state index in [1.807, 2.05) is 48.5 Å². The monoisotopic (exact) mass is 396 g/mol. The molecule has 2 N–H and O–H groups in total. The second kappa shape index (κ2) is 9.93. The average molecular weight is 396 g/mol. The molecule has 1 aliphatic rings. The fourth-order valence-corrected chi connectivity index (χ4v) is 3.18. The van der Waals surface area contributed by atoms with E-state index in [0.29, 0.717) is 12.2 Å². The Bertz CT molecular complexity index is 813. The van der Waals surface area contributed by atoms with Gasteiger partial charge in [0.1, 0.15) is 12.2 Å². The number of carbonyl (C=O) groups excluding carboxylic acids is 2. The summed E-state index contributed by atoms with van der Waals surface area (Å²) in [5.41, 5.74) is 2.78. The molecule has 2 aromatic rings. The lowest BCUT2D eigenvalue weighted by Crippen LogP contribution is -2.44. The van der Waals surface area contributed by atoms with Crippen LogP contribution in [-0.2, 0) is 16.1 Å². The fourth-order valence-electron chi connectivity index (χ4n) is 3.18. The van der Waals surface area contributed by atoms with Gasteiger partial charge in [-0.2, -0.15) is 0 Å². The van der Waals surface area contributed by atoms with Crippen molar-refractivity contribution in [3.8, 4) is 5.75 Å². The van der Waals surface area contributed by atoms with Crippen molar-refractivity contribution in [2.45, 2.75) is 13.0 Å². The number of rotatable bonds is 7. The molecule has 0 saturated carbocycles. The number of hydrogen-bond acceptors (Lipinski definition) is 5. The summed E-state index contributed by atoms with van der Waals surface area (Å²) in [7, 11) is 3.73. The molecule has 0 bridgehead atoms. The maximum absolute atomic E-state index is 12.1. The Morgan fingerprint density at radius 3 is 2.21 bits per heavy atom. The van der Waals surface area contributed by atoms with E-state index < -0.39 is 0 Å². The Kier molecular flexibility index (Phi) is 7.08. The van der Waals surface area contributed by atoms with Crippen molar-refractivity contribution < 1.29 is 14.3 Å². The van der Waals surface area contributed by atoms with E-state index >= 15 is 0 Å². The third-order valence-electron chi connectivity index (χ3n) is 4.99. The second-order valence-corrected chi connectivity index (χ2v) is 7.19. The van der Waals surface area contributed by atoms with Crippen LogP contribution in [0.3, 0.4) is 0 Å². The van der Waals surface area contributed by atoms with Crippen LogP contribution in [-0.4, -0.2) is 57.1 Å². The van der Waals surface area contributed by atoms with E-state index in [4.69, 9.17) is 4.74 Å². The summed E-state index contributed by atoms with van der Waals surface area (Å²) in [6, 6.07) is 15.2. The molecule has 0 radical (unpaired) electrons. The molecular weight excluding hydrogens is 368 g/mol. The molecule has 7 nitrogen and oxygen atoms in total. The van der Waals surface area contributed by atoms with Gasteiger partial charge in [0.2, 0.25) is 11.8 Å². The Labute approximate surface area is 171 Å². The van der Waals surface area contributed by atoms with Gasteiger partial charge < -0.3 is 25.2 Å². The summed E-state index contributed by atoms with van der Waals surface area (Å²) in [5.74, 6) is 0.120. The van der Waals surface area contributed by atoms with Crippen LogP contribution in [0.15, 0.2) is 48.5 Å². The summed E-state index contributed by atoms with van der Waals surface area (Å²) in [4.78, 5) is 28.8. The predicted molar refractivity (Wildman–Crippen MR) is 114 cm³/mol. The summed E-state index contributed by atoms with van der Waals surface area (Å²) in [6.07, 6.45) is -0.212. The highest BCUT2D eigenvalue weighted by Gasteiger charge is 2.14. The number of ether oxygens (including phenoxy) is 1. The fraction of sp³-hybridized carbons (Fsp3) is 0.364. The molecule has 29 heavy (non-hydrogen) atoms. The van der Waals surface area contributed by atoms with Crippen LogP contribution in [0.25, 0.3) is 0 Å². The van der Waals surface area contributed by atoms with Gasteiger partial charge in [-0.25, -0.2) is 0 Å². The van der Waals surface area contributed by atoms with Gasteiger partial charge in [-0.05, 0) is 49.0 Å². The maximum Gasteiger partial charge on any atom is 0.233 e. The predicted octanol–water partition coefficient (Wildman–Crippen LogP) is 2.09. The summed E-state index contributed by atoms with van der Waals surface area (Å²) in [6.45, 7) is 4.46. The lowest BCUT2D eigenvalue weighted by Gasteiger charge is -2.34. The van der Waals surface area contributed by atoms with E-state index in [1.165, 1.54) is 0 Å². The van der Waals surface area contributed by atoms with Gasteiger partial charge in [-0.15, -0.1) is 0 Å². The Hall–Kier alpha value is -3.06. The van der Waals surface area contributed by atoms with Gasteiger partial charge in [0, 0.05) is 44.1 Å². The number of piperazine rings is 1. The van der Waals surface area contributed by atoms with Crippen molar-refractivity contribution in [1.29, 1.82) is 0 Å². The van der Waals surface area contributed by atoms with Crippen molar-refractivity contribution in [3.63, 3.8) is 0 Å². The molecule has 0 aliphatic carbocycles. The van der Waals surface area contributed by atoms with Crippen LogP contribution >= 0.6 is 0 Å². The van der Waals surface area contributed by atoms with Crippen LogP contribution in [0, 0.1) is 0 Å². The van der Waals surface area contributed by atoms with Crippen LogP contribution in [0.5, 0.6) is 5.75 Å². The number of hydrogen-bond donors (Lipinski definition) is 2. The normalized spacial score (nSPS) is 14.3. The molecule has 154 valence electrons. The van der Waals surface area contributed by atoms with Crippen LogP contribution in [0.1, 0.15) is 12.0 Å². The third kappa shape index (κ3) is 6.22. The highest BCUT2D eigenvalue weighted by atomic mass is 16.5. The van der Waals surface area contributed by atoms with Crippen molar-refractivity contribution in [3.05, 3.63) is 54.1 Å². The first kappa shape index (κ1) is 20.7. The Morgan fingerprint density at radius 2 is 1.59 bits per heavy atom. The number of amides is 2. The smallest absolute Gasteiger partial charge is 0.233 e. The number of nitrogens with one attached hydrogen (secondary N) is 2. The number of carbonyl (C=O) groups is 2. The SMILES string of the molecule is COc1ccc(CNC(=O)CC(=O)Nc2ccc(N3CCN(C)CC3)cc2)cc1. The first-order valence-corrected chi connectivity index (χ1v) is 9.76. The first-order chi connectivity index (χ1) is 14.0. The average Bonchev–Trinajstić information content (AvgIpc) is 2.74. The van der Waals surface area contributed by atoms with Gasteiger partial charge in [-0.3, -0.25) is 9.59 Å². The Morgan fingerprint density at radius 1 is 0.931 bits per heavy atom. The molecule has 7 heteroatoms. The van der Waals surface area contributed by atoms with Gasteiger partial charge in [-0.1, -0.05) is 12.1 Å². The number of anilines is 2. The molecule has 1 heterocycles. The van der Waals surface area contributed by atoms with Gasteiger partial charge in [0.15, 0.2) is 0 Å². The first-order valence-electron chi connectivity index (χ1n) is 9.76. The zero-order valence-corrected chi connectivity index (χ0v) is 17.0. The van der Waals surface area contributed by atoms with Gasteiger partial charge >= 0.3 is 0 Å². The van der Waals surface area contributed by atoms with Gasteiger partial charge in [0.05, 0.1) is 7.11 Å². The number of benzene rings is 2. The maximum atomic E-state index is 12.1. The third-order valence-corrected chi connectivity index (χ3v) is 4.99. The minimum absolute atomic E-state index is 0.212. The number of nitrogens with zero attached hydrogens (tertiary/aromatic N) is 2. The molecule has 1 aliphatic heterocycles. The van der Waals surface area contributed by atoms with Crippen molar-refractivity contribution in [2.75, 3.05) is 50.6 Å². The zero-order valence-electron chi connectivity index (χ0n) is 17.0. The summed E-state index contributed by atoms with van der Waals surface area (Å²) < 4.78 is 5.11. The molecule has 0 atom stereocenters. The standard InChI is InChI=1S/C22H28N4O3/c1-25-11-13-26(14-12-25)19-7-5-18(6-8-19)24-22(28)15-21(27)23-16-17-3-9-20(29-2)10-4-17/h3-10H,11-16H2,1-2H3,(H,23,27)(H,24,28). The Balaban J connectivity index is 1.42. The number of methoxy groups -OCH3 is 1. The van der Waals surface area contributed by atoms with Crippen LogP contribution in [0.4, 0.5) is 11.4 Å². The van der Waals surface area contributed by atoms with Crippen molar-refractivity contribution >= 4 is 23.2 Å². The van der Waals surface area contributed by atoms with Crippen LogP contribution < -0.4 is 20.3 Å². The van der Waals surface area contributed by atoms with E-state index in [9.17, 15) is 9.59 Å². The molecule has 0 spiro atoms. The highest BCUT2D eigenvalue weighted by Crippen LogP contribution is 2.19. The summed E-state index contributed by atoms with van der Waals surface area (Å²) in [5, 5.41) is 5.54. The van der Waals surface area contributed by atoms with E-state index in [1.54, 1.807) is 7.11 Å². The minimum atomic E-state index is -0.329. The molecule has 2 amide bonds. The van der Waals surface area contributed by atoms with Crippen molar-refractivity contribution in [1.82, 2.24) is 10.2 Å². The van der Waals surface area contributed by atoms with E-state index in [-0.39, 0.29) is 18.2 Å².